The maximum Gasteiger partial charge on any atom is 0.373 e. The molecule has 0 aliphatic heterocycles. The fraction of sp³-hybridized carbons (Fsp3) is 0.0909. The van der Waals surface area contributed by atoms with Crippen LogP contribution in [0.4, 0.5) is 0 Å². The molecule has 0 aliphatic carbocycles. The first-order valence-corrected chi connectivity index (χ1v) is 5.51. The molecule has 0 unspecified atom stereocenters. The number of ether oxygens (including phenoxy) is 1. The number of halogens is 1. The van der Waals surface area contributed by atoms with Gasteiger partial charge in [-0.25, -0.2) is 9.78 Å². The summed E-state index contributed by atoms with van der Waals surface area (Å²) < 4.78 is 11.3. The second-order valence-corrected chi connectivity index (χ2v) is 4.08. The van der Waals surface area contributed by atoms with E-state index in [9.17, 15) is 4.79 Å². The molecule has 1 aromatic heterocycles. The third kappa shape index (κ3) is 3.07. The topological polar surface area (TPSA) is 72.6 Å². The average molecular weight is 298 g/mol. The van der Waals surface area contributed by atoms with Crippen LogP contribution in [-0.4, -0.2) is 16.1 Å². The number of benzene rings is 1. The van der Waals surface area contributed by atoms with Crippen LogP contribution in [0.1, 0.15) is 16.4 Å². The van der Waals surface area contributed by atoms with Crippen LogP contribution in [0, 0.1) is 0 Å². The Hall–Kier alpha value is -1.82. The standard InChI is InChI=1S/C11H8BrNO4/c12-7-1-3-8(4-2-7)16-6-10-13-5-9(17-10)11(14)15/h1-5H,6H2,(H,14,15). The number of hydrogen-bond donors (Lipinski definition) is 1. The van der Waals surface area contributed by atoms with Crippen LogP contribution in [0.25, 0.3) is 0 Å². The molecule has 1 aromatic carbocycles. The van der Waals surface area contributed by atoms with Crippen molar-refractivity contribution in [2.75, 3.05) is 0 Å². The summed E-state index contributed by atoms with van der Waals surface area (Å²) in [7, 11) is 0. The number of carboxylic acids is 1. The van der Waals surface area contributed by atoms with Crippen molar-refractivity contribution < 1.29 is 19.1 Å². The second-order valence-electron chi connectivity index (χ2n) is 3.17. The van der Waals surface area contributed by atoms with Gasteiger partial charge < -0.3 is 14.3 Å². The van der Waals surface area contributed by atoms with Crippen LogP contribution in [0.5, 0.6) is 5.75 Å². The Balaban J connectivity index is 1.97. The molecule has 0 amide bonds. The number of aromatic carboxylic acids is 1. The minimum atomic E-state index is -1.15. The predicted molar refractivity (Wildman–Crippen MR) is 61.9 cm³/mol. The van der Waals surface area contributed by atoms with Crippen LogP contribution >= 0.6 is 15.9 Å². The van der Waals surface area contributed by atoms with Crippen molar-refractivity contribution in [1.82, 2.24) is 4.98 Å². The van der Waals surface area contributed by atoms with Crippen molar-refractivity contribution in [3.05, 3.63) is 46.6 Å². The number of aromatic nitrogens is 1. The summed E-state index contributed by atoms with van der Waals surface area (Å²) >= 11 is 3.31. The quantitative estimate of drug-likeness (QED) is 0.939. The fourth-order valence-electron chi connectivity index (χ4n) is 1.15. The Kier molecular flexibility index (Phi) is 3.43. The third-order valence-electron chi connectivity index (χ3n) is 1.94. The fourth-order valence-corrected chi connectivity index (χ4v) is 1.42. The monoisotopic (exact) mass is 297 g/mol. The molecule has 0 radical (unpaired) electrons. The molecule has 0 spiro atoms. The first-order chi connectivity index (χ1) is 8.15. The van der Waals surface area contributed by atoms with Crippen molar-refractivity contribution in [2.45, 2.75) is 6.61 Å². The first-order valence-electron chi connectivity index (χ1n) is 4.71. The van der Waals surface area contributed by atoms with Gasteiger partial charge in [0.05, 0.1) is 6.20 Å². The number of rotatable bonds is 4. The van der Waals surface area contributed by atoms with E-state index in [1.807, 2.05) is 12.1 Å². The van der Waals surface area contributed by atoms with E-state index < -0.39 is 5.97 Å². The predicted octanol–water partition coefficient (Wildman–Crippen LogP) is 2.71. The summed E-state index contributed by atoms with van der Waals surface area (Å²) in [5.41, 5.74) is 0. The summed E-state index contributed by atoms with van der Waals surface area (Å²) in [5.74, 6) is -0.458. The second kappa shape index (κ2) is 5.01. The molecule has 0 saturated heterocycles. The minimum absolute atomic E-state index is 0.0922. The van der Waals surface area contributed by atoms with E-state index >= 15 is 0 Å². The van der Waals surface area contributed by atoms with Gasteiger partial charge >= 0.3 is 5.97 Å². The zero-order valence-electron chi connectivity index (χ0n) is 8.59. The zero-order chi connectivity index (χ0) is 12.3. The van der Waals surface area contributed by atoms with Gasteiger partial charge in [0.2, 0.25) is 11.7 Å². The Morgan fingerprint density at radius 3 is 2.71 bits per heavy atom. The molecule has 1 heterocycles. The Morgan fingerprint density at radius 2 is 2.12 bits per heavy atom. The lowest BCUT2D eigenvalue weighted by atomic mass is 10.3. The highest BCUT2D eigenvalue weighted by Crippen LogP contribution is 2.17. The number of carbonyl (C=O) groups is 1. The maximum atomic E-state index is 10.5. The van der Waals surface area contributed by atoms with E-state index in [1.165, 1.54) is 0 Å². The van der Waals surface area contributed by atoms with Gasteiger partial charge in [-0.2, -0.15) is 0 Å². The molecule has 88 valence electrons. The lowest BCUT2D eigenvalue weighted by Crippen LogP contribution is -1.95. The number of oxazole rings is 1. The van der Waals surface area contributed by atoms with Gasteiger partial charge in [-0.3, -0.25) is 0 Å². The normalized spacial score (nSPS) is 10.2. The van der Waals surface area contributed by atoms with Crippen molar-refractivity contribution >= 4 is 21.9 Å². The highest BCUT2D eigenvalue weighted by molar-refractivity contribution is 9.10. The molecule has 5 nitrogen and oxygen atoms in total. The van der Waals surface area contributed by atoms with E-state index in [0.717, 1.165) is 10.7 Å². The summed E-state index contributed by atoms with van der Waals surface area (Å²) in [6.45, 7) is 0.0922. The molecule has 2 aromatic rings. The molecular formula is C11H8BrNO4. The van der Waals surface area contributed by atoms with Gasteiger partial charge in [0, 0.05) is 4.47 Å². The lowest BCUT2D eigenvalue weighted by molar-refractivity contribution is 0.0658. The largest absolute Gasteiger partial charge is 0.484 e. The summed E-state index contributed by atoms with van der Waals surface area (Å²) in [6, 6.07) is 7.25. The zero-order valence-corrected chi connectivity index (χ0v) is 10.2. The Bertz CT molecular complexity index is 521. The highest BCUT2D eigenvalue weighted by Gasteiger charge is 2.10. The van der Waals surface area contributed by atoms with Gasteiger partial charge in [0.25, 0.3) is 0 Å². The number of carboxylic acid groups (broad SMARTS) is 1. The van der Waals surface area contributed by atoms with Crippen molar-refractivity contribution in [3.63, 3.8) is 0 Å². The van der Waals surface area contributed by atoms with Crippen LogP contribution in [-0.2, 0) is 6.61 Å². The summed E-state index contributed by atoms with van der Waals surface area (Å²) in [5, 5.41) is 8.63. The summed E-state index contributed by atoms with van der Waals surface area (Å²) in [4.78, 5) is 14.3. The first kappa shape index (κ1) is 11.7. The molecule has 0 saturated carbocycles. The minimum Gasteiger partial charge on any atom is -0.484 e. The van der Waals surface area contributed by atoms with E-state index in [2.05, 4.69) is 20.9 Å². The van der Waals surface area contributed by atoms with Crippen molar-refractivity contribution in [2.24, 2.45) is 0 Å². The Morgan fingerprint density at radius 1 is 1.41 bits per heavy atom. The van der Waals surface area contributed by atoms with Gasteiger partial charge in [-0.15, -0.1) is 0 Å². The van der Waals surface area contributed by atoms with Crippen LogP contribution in [0.3, 0.4) is 0 Å². The summed E-state index contributed by atoms with van der Waals surface area (Å²) in [6.07, 6.45) is 1.16. The SMILES string of the molecule is O=C(O)c1cnc(COc2ccc(Br)cc2)o1. The van der Waals surface area contributed by atoms with Gasteiger partial charge in [0.1, 0.15) is 5.75 Å². The Labute approximate surface area is 105 Å². The van der Waals surface area contributed by atoms with E-state index in [-0.39, 0.29) is 18.3 Å². The van der Waals surface area contributed by atoms with Gasteiger partial charge in [-0.05, 0) is 24.3 Å². The smallest absolute Gasteiger partial charge is 0.373 e. The van der Waals surface area contributed by atoms with Crippen LogP contribution in [0.15, 0.2) is 39.4 Å². The van der Waals surface area contributed by atoms with Crippen LogP contribution < -0.4 is 4.74 Å². The molecule has 17 heavy (non-hydrogen) atoms. The van der Waals surface area contributed by atoms with E-state index in [0.29, 0.717) is 5.75 Å². The van der Waals surface area contributed by atoms with Crippen molar-refractivity contribution in [1.29, 1.82) is 0 Å². The molecule has 1 N–H and O–H groups in total. The maximum absolute atomic E-state index is 10.5. The third-order valence-corrected chi connectivity index (χ3v) is 2.47. The molecule has 0 aliphatic rings. The molecule has 6 heteroatoms. The van der Waals surface area contributed by atoms with E-state index in [4.69, 9.17) is 14.3 Å². The van der Waals surface area contributed by atoms with E-state index in [1.54, 1.807) is 12.1 Å². The molecule has 0 atom stereocenters. The van der Waals surface area contributed by atoms with Gasteiger partial charge in [0.15, 0.2) is 6.61 Å². The molecule has 2 rings (SSSR count). The average Bonchev–Trinajstić information content (AvgIpc) is 2.77. The van der Waals surface area contributed by atoms with Crippen LogP contribution in [0.2, 0.25) is 0 Å². The van der Waals surface area contributed by atoms with Gasteiger partial charge in [-0.1, -0.05) is 15.9 Å². The molecule has 0 fully saturated rings. The molecule has 0 bridgehead atoms. The highest BCUT2D eigenvalue weighted by atomic mass is 79.9. The molecular weight excluding hydrogens is 290 g/mol. The van der Waals surface area contributed by atoms with Crippen molar-refractivity contribution in [3.8, 4) is 5.75 Å². The lowest BCUT2D eigenvalue weighted by Gasteiger charge is -2.02. The number of hydrogen-bond acceptors (Lipinski definition) is 4. The number of nitrogens with zero attached hydrogens (tertiary/aromatic N) is 1.